The second-order valence-corrected chi connectivity index (χ2v) is 6.97. The molecule has 0 fully saturated rings. The molecule has 0 spiro atoms. The van der Waals surface area contributed by atoms with Crippen LogP contribution in [0.4, 0.5) is 5.69 Å². The predicted molar refractivity (Wildman–Crippen MR) is 96.5 cm³/mol. The number of anilines is 1. The van der Waals surface area contributed by atoms with Crippen LogP contribution in [0.2, 0.25) is 0 Å². The number of thioether (sulfide) groups is 1. The van der Waals surface area contributed by atoms with E-state index in [0.29, 0.717) is 11.0 Å². The van der Waals surface area contributed by atoms with E-state index in [4.69, 9.17) is 0 Å². The van der Waals surface area contributed by atoms with Crippen molar-refractivity contribution in [3.63, 3.8) is 0 Å². The zero-order chi connectivity index (χ0) is 17.2. The first kappa shape index (κ1) is 15.7. The van der Waals surface area contributed by atoms with Crippen molar-refractivity contribution in [3.8, 4) is 17.1 Å². The van der Waals surface area contributed by atoms with Gasteiger partial charge in [0.15, 0.2) is 5.82 Å². The van der Waals surface area contributed by atoms with E-state index in [-0.39, 0.29) is 16.9 Å². The fourth-order valence-corrected chi connectivity index (χ4v) is 3.68. The van der Waals surface area contributed by atoms with E-state index < -0.39 is 0 Å². The smallest absolute Gasteiger partial charge is 0.237 e. The summed E-state index contributed by atoms with van der Waals surface area (Å²) in [4.78, 5) is 16.9. The van der Waals surface area contributed by atoms with E-state index in [1.807, 2.05) is 24.3 Å². The Morgan fingerprint density at radius 3 is 2.76 bits per heavy atom. The normalized spacial score (nSPS) is 16.8. The molecule has 0 aliphatic carbocycles. The number of aryl methyl sites for hydroxylation is 1. The maximum absolute atomic E-state index is 12.5. The van der Waals surface area contributed by atoms with E-state index in [1.165, 1.54) is 11.8 Å². The number of H-pyrrole nitrogens is 1. The first-order valence-electron chi connectivity index (χ1n) is 7.96. The van der Waals surface area contributed by atoms with Gasteiger partial charge in [-0.2, -0.15) is 0 Å². The first-order chi connectivity index (χ1) is 12.2. The molecule has 6 nitrogen and oxygen atoms in total. The van der Waals surface area contributed by atoms with Crippen LogP contribution in [0.3, 0.4) is 0 Å². The number of benzene rings is 2. The molecule has 126 valence electrons. The largest absolute Gasteiger partial charge is 0.508 e. The minimum atomic E-state index is -0.240. The number of nitrogens with zero attached hydrogens (tertiary/aromatic N) is 2. The summed E-state index contributed by atoms with van der Waals surface area (Å²) in [6, 6.07) is 14.6. The molecule has 2 heterocycles. The van der Waals surface area contributed by atoms with Crippen molar-refractivity contribution in [2.75, 3.05) is 5.32 Å². The summed E-state index contributed by atoms with van der Waals surface area (Å²) in [5.41, 5.74) is 2.86. The number of aromatic amines is 1. The van der Waals surface area contributed by atoms with Crippen molar-refractivity contribution in [2.24, 2.45) is 0 Å². The lowest BCUT2D eigenvalue weighted by Gasteiger charge is -2.10. The molecule has 0 saturated heterocycles. The third kappa shape index (κ3) is 3.36. The van der Waals surface area contributed by atoms with E-state index in [9.17, 15) is 9.90 Å². The summed E-state index contributed by atoms with van der Waals surface area (Å²) < 4.78 is 0. The van der Waals surface area contributed by atoms with Crippen molar-refractivity contribution in [3.05, 3.63) is 54.1 Å². The van der Waals surface area contributed by atoms with E-state index >= 15 is 0 Å². The van der Waals surface area contributed by atoms with Gasteiger partial charge in [-0.1, -0.05) is 30.0 Å². The fraction of sp³-hybridized carbons (Fsp3) is 0.167. The molecule has 3 N–H and O–H groups in total. The SMILES string of the molecule is O=C1Nc2ccccc2CC[C@@H]1Sc1n[nH]c(-c2ccc(O)cc2)n1. The van der Waals surface area contributed by atoms with E-state index in [1.54, 1.807) is 24.3 Å². The fourth-order valence-electron chi connectivity index (χ4n) is 2.78. The van der Waals surface area contributed by atoms with Crippen LogP contribution >= 0.6 is 11.8 Å². The zero-order valence-electron chi connectivity index (χ0n) is 13.3. The molecule has 1 aliphatic heterocycles. The van der Waals surface area contributed by atoms with Gasteiger partial charge in [-0.15, -0.1) is 5.10 Å². The highest BCUT2D eigenvalue weighted by atomic mass is 32.2. The monoisotopic (exact) mass is 352 g/mol. The molecule has 0 radical (unpaired) electrons. The topological polar surface area (TPSA) is 90.9 Å². The molecule has 0 bridgehead atoms. The molecular formula is C18H16N4O2S. The number of rotatable bonds is 3. The van der Waals surface area contributed by atoms with Gasteiger partial charge in [0, 0.05) is 11.3 Å². The van der Waals surface area contributed by atoms with Crippen molar-refractivity contribution < 1.29 is 9.90 Å². The Morgan fingerprint density at radius 1 is 1.12 bits per heavy atom. The Morgan fingerprint density at radius 2 is 1.92 bits per heavy atom. The van der Waals surface area contributed by atoms with E-state index in [0.717, 1.165) is 29.7 Å². The van der Waals surface area contributed by atoms with Crippen LogP contribution in [0.1, 0.15) is 12.0 Å². The Kier molecular flexibility index (Phi) is 4.15. The molecule has 1 atom stereocenters. The molecule has 25 heavy (non-hydrogen) atoms. The summed E-state index contributed by atoms with van der Waals surface area (Å²) in [5.74, 6) is 0.790. The first-order valence-corrected chi connectivity index (χ1v) is 8.84. The minimum Gasteiger partial charge on any atom is -0.508 e. The lowest BCUT2D eigenvalue weighted by atomic mass is 10.1. The van der Waals surface area contributed by atoms with Crippen molar-refractivity contribution >= 4 is 23.4 Å². The summed E-state index contributed by atoms with van der Waals surface area (Å²) in [6.45, 7) is 0. The van der Waals surface area contributed by atoms with Crippen molar-refractivity contribution in [1.29, 1.82) is 0 Å². The number of aromatic hydroxyl groups is 1. The third-order valence-electron chi connectivity index (χ3n) is 4.10. The van der Waals surface area contributed by atoms with Crippen LogP contribution in [-0.2, 0) is 11.2 Å². The second-order valence-electron chi connectivity index (χ2n) is 5.81. The number of phenols is 1. The molecule has 3 aromatic rings. The number of aromatic nitrogens is 3. The van der Waals surface area contributed by atoms with Crippen LogP contribution in [0.15, 0.2) is 53.7 Å². The maximum Gasteiger partial charge on any atom is 0.237 e. The molecule has 0 saturated carbocycles. The standard InChI is InChI=1S/C18H16N4O2S/c23-13-8-5-12(6-9-13)16-20-18(22-21-16)25-15-10-7-11-3-1-2-4-14(11)19-17(15)24/h1-6,8-9,15,23H,7,10H2,(H,19,24)(H,20,21,22)/t15-/m0/s1. The average Bonchev–Trinajstić information content (AvgIpc) is 3.02. The third-order valence-corrected chi connectivity index (χ3v) is 5.22. The number of nitrogens with one attached hydrogen (secondary N) is 2. The Bertz CT molecular complexity index is 907. The highest BCUT2D eigenvalue weighted by molar-refractivity contribution is 8.00. The molecule has 7 heteroatoms. The Balaban J connectivity index is 1.49. The molecule has 2 aromatic carbocycles. The number of carbonyl (C=O) groups is 1. The van der Waals surface area contributed by atoms with Gasteiger partial charge in [0.2, 0.25) is 11.1 Å². The van der Waals surface area contributed by atoms with Gasteiger partial charge in [0.05, 0.1) is 5.25 Å². The molecule has 1 amide bonds. The number of fused-ring (bicyclic) bond motifs is 1. The molecule has 4 rings (SSSR count). The summed E-state index contributed by atoms with van der Waals surface area (Å²) in [6.07, 6.45) is 1.57. The number of hydrogen-bond donors (Lipinski definition) is 3. The number of para-hydroxylation sites is 1. The van der Waals surface area contributed by atoms with Crippen LogP contribution < -0.4 is 5.32 Å². The van der Waals surface area contributed by atoms with E-state index in [2.05, 4.69) is 20.5 Å². The summed E-state index contributed by atoms with van der Waals surface area (Å²) in [5, 5.41) is 19.7. The Labute approximate surface area is 148 Å². The minimum absolute atomic E-state index is 0.0223. The van der Waals surface area contributed by atoms with Crippen molar-refractivity contribution in [1.82, 2.24) is 15.2 Å². The number of amides is 1. The summed E-state index contributed by atoms with van der Waals surface area (Å²) in [7, 11) is 0. The van der Waals surface area contributed by atoms with Gasteiger partial charge in [-0.25, -0.2) is 4.98 Å². The molecule has 0 unspecified atom stereocenters. The molecular weight excluding hydrogens is 336 g/mol. The van der Waals surface area contributed by atoms with Gasteiger partial charge in [0.25, 0.3) is 0 Å². The van der Waals surface area contributed by atoms with Crippen LogP contribution in [0.5, 0.6) is 5.75 Å². The van der Waals surface area contributed by atoms with Crippen molar-refractivity contribution in [2.45, 2.75) is 23.2 Å². The van der Waals surface area contributed by atoms with Gasteiger partial charge in [-0.3, -0.25) is 9.89 Å². The molecule has 1 aliphatic rings. The van der Waals surface area contributed by atoms with Crippen LogP contribution in [-0.4, -0.2) is 31.4 Å². The van der Waals surface area contributed by atoms with Crippen LogP contribution in [0.25, 0.3) is 11.4 Å². The quantitative estimate of drug-likeness (QED) is 0.673. The zero-order valence-corrected chi connectivity index (χ0v) is 14.1. The highest BCUT2D eigenvalue weighted by Crippen LogP contribution is 2.30. The lowest BCUT2D eigenvalue weighted by molar-refractivity contribution is -0.115. The number of hydrogen-bond acceptors (Lipinski definition) is 5. The summed E-state index contributed by atoms with van der Waals surface area (Å²) >= 11 is 1.36. The number of carbonyl (C=O) groups excluding carboxylic acids is 1. The van der Waals surface area contributed by atoms with Crippen LogP contribution in [0, 0.1) is 0 Å². The second kappa shape index (κ2) is 6.60. The number of phenolic OH excluding ortho intramolecular Hbond substituents is 1. The van der Waals surface area contributed by atoms with Gasteiger partial charge < -0.3 is 10.4 Å². The van der Waals surface area contributed by atoms with Gasteiger partial charge in [-0.05, 0) is 48.7 Å². The average molecular weight is 352 g/mol. The lowest BCUT2D eigenvalue weighted by Crippen LogP contribution is -2.23. The molecule has 1 aromatic heterocycles. The highest BCUT2D eigenvalue weighted by Gasteiger charge is 2.26. The van der Waals surface area contributed by atoms with Gasteiger partial charge in [0.1, 0.15) is 5.75 Å². The Hall–Kier alpha value is -2.80. The van der Waals surface area contributed by atoms with Gasteiger partial charge >= 0.3 is 0 Å². The maximum atomic E-state index is 12.5. The predicted octanol–water partition coefficient (Wildman–Crippen LogP) is 3.22.